The number of aryl methyl sites for hydroxylation is 1. The SMILES string of the molecule is CCc1cccc(/C(Cl)=N/O)c1. The van der Waals surface area contributed by atoms with Gasteiger partial charge in [-0.05, 0) is 18.1 Å². The van der Waals surface area contributed by atoms with Crippen molar-refractivity contribution in [2.45, 2.75) is 13.3 Å². The second-order valence-electron chi connectivity index (χ2n) is 2.44. The molecule has 1 N–H and O–H groups in total. The summed E-state index contributed by atoms with van der Waals surface area (Å²) in [5, 5.41) is 11.5. The largest absolute Gasteiger partial charge is 0.410 e. The zero-order valence-corrected chi connectivity index (χ0v) is 7.54. The summed E-state index contributed by atoms with van der Waals surface area (Å²) in [6.07, 6.45) is 0.948. The first-order chi connectivity index (χ1) is 5.77. The number of halogens is 1. The second kappa shape index (κ2) is 4.12. The molecule has 0 aliphatic rings. The van der Waals surface area contributed by atoms with Crippen LogP contribution in [-0.4, -0.2) is 10.4 Å². The molecular formula is C9H10ClNO. The van der Waals surface area contributed by atoms with Crippen molar-refractivity contribution >= 4 is 16.8 Å². The highest BCUT2D eigenvalue weighted by molar-refractivity contribution is 6.69. The van der Waals surface area contributed by atoms with Gasteiger partial charge in [0.15, 0.2) is 5.17 Å². The summed E-state index contributed by atoms with van der Waals surface area (Å²) in [4.78, 5) is 0. The Labute approximate surface area is 76.5 Å². The topological polar surface area (TPSA) is 32.6 Å². The normalized spacial score (nSPS) is 11.7. The summed E-state index contributed by atoms with van der Waals surface area (Å²) in [6, 6.07) is 7.61. The van der Waals surface area contributed by atoms with Crippen molar-refractivity contribution in [3.8, 4) is 0 Å². The molecule has 0 amide bonds. The minimum Gasteiger partial charge on any atom is -0.410 e. The zero-order chi connectivity index (χ0) is 8.97. The molecule has 0 fully saturated rings. The number of rotatable bonds is 2. The highest BCUT2D eigenvalue weighted by Crippen LogP contribution is 2.08. The maximum absolute atomic E-state index is 8.41. The van der Waals surface area contributed by atoms with Crippen LogP contribution >= 0.6 is 11.6 Å². The zero-order valence-electron chi connectivity index (χ0n) is 6.79. The fraction of sp³-hybridized carbons (Fsp3) is 0.222. The molecule has 0 radical (unpaired) electrons. The standard InChI is InChI=1S/C9H10ClNO/c1-2-7-4-3-5-8(6-7)9(10)11-12/h3-6,12H,2H2,1H3/b11-9-. The van der Waals surface area contributed by atoms with Gasteiger partial charge in [0, 0.05) is 5.56 Å². The molecule has 0 aromatic heterocycles. The fourth-order valence-electron chi connectivity index (χ4n) is 0.977. The molecule has 0 bridgehead atoms. The third-order valence-corrected chi connectivity index (χ3v) is 1.96. The van der Waals surface area contributed by atoms with Crippen LogP contribution in [0.3, 0.4) is 0 Å². The molecule has 3 heteroatoms. The molecular weight excluding hydrogens is 174 g/mol. The summed E-state index contributed by atoms with van der Waals surface area (Å²) in [6.45, 7) is 2.06. The van der Waals surface area contributed by atoms with Gasteiger partial charge in [-0.3, -0.25) is 0 Å². The van der Waals surface area contributed by atoms with Crippen LogP contribution in [0.25, 0.3) is 0 Å². The third kappa shape index (κ3) is 1.98. The van der Waals surface area contributed by atoms with Crippen molar-refractivity contribution in [2.75, 3.05) is 0 Å². The molecule has 0 saturated heterocycles. The highest BCUT2D eigenvalue weighted by Gasteiger charge is 1.99. The lowest BCUT2D eigenvalue weighted by molar-refractivity contribution is 0.321. The molecule has 2 nitrogen and oxygen atoms in total. The molecule has 0 heterocycles. The van der Waals surface area contributed by atoms with Gasteiger partial charge in [-0.2, -0.15) is 0 Å². The van der Waals surface area contributed by atoms with Crippen LogP contribution in [0.5, 0.6) is 0 Å². The van der Waals surface area contributed by atoms with Gasteiger partial charge in [0.1, 0.15) is 0 Å². The van der Waals surface area contributed by atoms with Gasteiger partial charge in [0.25, 0.3) is 0 Å². The Morgan fingerprint density at radius 2 is 2.33 bits per heavy atom. The molecule has 0 aliphatic carbocycles. The van der Waals surface area contributed by atoms with E-state index in [0.29, 0.717) is 0 Å². The quantitative estimate of drug-likeness (QED) is 0.427. The monoisotopic (exact) mass is 183 g/mol. The van der Waals surface area contributed by atoms with E-state index in [2.05, 4.69) is 12.1 Å². The average molecular weight is 184 g/mol. The molecule has 1 aromatic rings. The highest BCUT2D eigenvalue weighted by atomic mass is 35.5. The van der Waals surface area contributed by atoms with Crippen molar-refractivity contribution < 1.29 is 5.21 Å². The fourth-order valence-corrected chi connectivity index (χ4v) is 1.09. The van der Waals surface area contributed by atoms with E-state index in [9.17, 15) is 0 Å². The van der Waals surface area contributed by atoms with Crippen molar-refractivity contribution in [3.05, 3.63) is 35.4 Å². The lowest BCUT2D eigenvalue weighted by Crippen LogP contribution is -1.92. The number of hydrogen-bond donors (Lipinski definition) is 1. The Kier molecular flexibility index (Phi) is 3.11. The Morgan fingerprint density at radius 1 is 1.58 bits per heavy atom. The van der Waals surface area contributed by atoms with E-state index in [1.165, 1.54) is 5.56 Å². The van der Waals surface area contributed by atoms with Crippen LogP contribution in [0.4, 0.5) is 0 Å². The van der Waals surface area contributed by atoms with E-state index in [4.69, 9.17) is 16.8 Å². The number of benzene rings is 1. The maximum atomic E-state index is 8.41. The van der Waals surface area contributed by atoms with E-state index in [0.717, 1.165) is 12.0 Å². The van der Waals surface area contributed by atoms with Crippen LogP contribution in [0.1, 0.15) is 18.1 Å². The van der Waals surface area contributed by atoms with Crippen molar-refractivity contribution in [1.82, 2.24) is 0 Å². The molecule has 0 saturated carbocycles. The lowest BCUT2D eigenvalue weighted by atomic mass is 10.1. The smallest absolute Gasteiger partial charge is 0.175 e. The molecule has 1 rings (SSSR count). The summed E-state index contributed by atoms with van der Waals surface area (Å²) < 4.78 is 0. The van der Waals surface area contributed by atoms with Gasteiger partial charge in [0.2, 0.25) is 0 Å². The number of oxime groups is 1. The minimum absolute atomic E-state index is 0.130. The average Bonchev–Trinajstić information content (AvgIpc) is 2.17. The van der Waals surface area contributed by atoms with Gasteiger partial charge < -0.3 is 5.21 Å². The first kappa shape index (κ1) is 9.07. The van der Waals surface area contributed by atoms with Crippen molar-refractivity contribution in [2.24, 2.45) is 5.16 Å². The third-order valence-electron chi connectivity index (χ3n) is 1.66. The van der Waals surface area contributed by atoms with E-state index in [1.54, 1.807) is 6.07 Å². The summed E-state index contributed by atoms with van der Waals surface area (Å²) >= 11 is 5.62. The molecule has 0 atom stereocenters. The van der Waals surface area contributed by atoms with Gasteiger partial charge in [-0.15, -0.1) is 0 Å². The first-order valence-corrected chi connectivity index (χ1v) is 4.12. The van der Waals surface area contributed by atoms with Gasteiger partial charge in [-0.25, -0.2) is 0 Å². The Morgan fingerprint density at radius 3 is 2.92 bits per heavy atom. The summed E-state index contributed by atoms with van der Waals surface area (Å²) in [5.41, 5.74) is 1.92. The van der Waals surface area contributed by atoms with Crippen LogP contribution in [0.15, 0.2) is 29.4 Å². The molecule has 0 aliphatic heterocycles. The molecule has 1 aromatic carbocycles. The molecule has 64 valence electrons. The van der Waals surface area contributed by atoms with Gasteiger partial charge in [-0.1, -0.05) is 41.9 Å². The van der Waals surface area contributed by atoms with Gasteiger partial charge >= 0.3 is 0 Å². The molecule has 0 unspecified atom stereocenters. The summed E-state index contributed by atoms with van der Waals surface area (Å²) in [7, 11) is 0. The second-order valence-corrected chi connectivity index (χ2v) is 2.80. The predicted molar refractivity (Wildman–Crippen MR) is 50.0 cm³/mol. The van der Waals surface area contributed by atoms with Crippen LogP contribution < -0.4 is 0 Å². The predicted octanol–water partition coefficient (Wildman–Crippen LogP) is 2.62. The van der Waals surface area contributed by atoms with Crippen LogP contribution in [0.2, 0.25) is 0 Å². The Bertz CT molecular complexity index is 296. The Hall–Kier alpha value is -1.02. The van der Waals surface area contributed by atoms with E-state index in [-0.39, 0.29) is 5.17 Å². The van der Waals surface area contributed by atoms with Crippen LogP contribution in [-0.2, 0) is 6.42 Å². The lowest BCUT2D eigenvalue weighted by Gasteiger charge is -1.99. The van der Waals surface area contributed by atoms with E-state index < -0.39 is 0 Å². The number of nitrogens with zero attached hydrogens (tertiary/aromatic N) is 1. The van der Waals surface area contributed by atoms with E-state index >= 15 is 0 Å². The molecule has 12 heavy (non-hydrogen) atoms. The van der Waals surface area contributed by atoms with Crippen molar-refractivity contribution in [1.29, 1.82) is 0 Å². The maximum Gasteiger partial charge on any atom is 0.175 e. The summed E-state index contributed by atoms with van der Waals surface area (Å²) in [5.74, 6) is 0. The van der Waals surface area contributed by atoms with Crippen molar-refractivity contribution in [3.63, 3.8) is 0 Å². The Balaban J connectivity index is 3.02. The minimum atomic E-state index is 0.130. The van der Waals surface area contributed by atoms with Gasteiger partial charge in [0.05, 0.1) is 0 Å². The van der Waals surface area contributed by atoms with E-state index in [1.807, 2.05) is 18.2 Å². The molecule has 0 spiro atoms. The number of hydrogen-bond acceptors (Lipinski definition) is 2. The first-order valence-electron chi connectivity index (χ1n) is 3.74. The van der Waals surface area contributed by atoms with Crippen LogP contribution in [0, 0.1) is 0 Å².